The molecule has 160 valence electrons. The third-order valence-corrected chi connectivity index (χ3v) is 6.52. The van der Waals surface area contributed by atoms with Crippen molar-refractivity contribution in [2.75, 3.05) is 12.4 Å². The van der Waals surface area contributed by atoms with E-state index in [4.69, 9.17) is 32.7 Å². The van der Waals surface area contributed by atoms with Crippen molar-refractivity contribution in [1.82, 2.24) is 0 Å². The van der Waals surface area contributed by atoms with Crippen molar-refractivity contribution in [3.05, 3.63) is 81.6 Å². The lowest BCUT2D eigenvalue weighted by Crippen LogP contribution is -2.22. The van der Waals surface area contributed by atoms with Gasteiger partial charge >= 0.3 is 0 Å². The maximum atomic E-state index is 14.0. The van der Waals surface area contributed by atoms with Crippen LogP contribution in [0.15, 0.2) is 63.9 Å². The Morgan fingerprint density at radius 3 is 2.58 bits per heavy atom. The highest BCUT2D eigenvalue weighted by Crippen LogP contribution is 2.38. The second-order valence-corrected chi connectivity index (χ2v) is 8.90. The summed E-state index contributed by atoms with van der Waals surface area (Å²) in [7, 11) is -2.48. The van der Waals surface area contributed by atoms with Crippen molar-refractivity contribution in [3.63, 3.8) is 0 Å². The fourth-order valence-electron chi connectivity index (χ4n) is 3.05. The summed E-state index contributed by atoms with van der Waals surface area (Å²) in [5.41, 5.74) is 0.945. The number of rotatable bonds is 5. The van der Waals surface area contributed by atoms with Crippen molar-refractivity contribution < 1.29 is 22.3 Å². The van der Waals surface area contributed by atoms with Crippen LogP contribution in [-0.2, 0) is 16.6 Å². The summed E-state index contributed by atoms with van der Waals surface area (Å²) in [5.74, 6) is -0.0472. The van der Waals surface area contributed by atoms with E-state index in [-0.39, 0.29) is 44.4 Å². The van der Waals surface area contributed by atoms with Gasteiger partial charge in [0.2, 0.25) is 0 Å². The maximum absolute atomic E-state index is 14.0. The Balaban J connectivity index is 1.68. The molecule has 10 heteroatoms. The van der Waals surface area contributed by atoms with Gasteiger partial charge in [-0.15, -0.1) is 4.40 Å². The molecule has 0 unspecified atom stereocenters. The molecule has 1 heterocycles. The van der Waals surface area contributed by atoms with E-state index in [2.05, 4.69) is 9.71 Å². The average molecular weight is 481 g/mol. The number of amidine groups is 1. The van der Waals surface area contributed by atoms with E-state index in [1.807, 2.05) is 0 Å². The van der Waals surface area contributed by atoms with Gasteiger partial charge in [0, 0.05) is 11.1 Å². The molecule has 0 atom stereocenters. The highest BCUT2D eigenvalue weighted by molar-refractivity contribution is 7.90. The van der Waals surface area contributed by atoms with Crippen LogP contribution in [0, 0.1) is 5.82 Å². The molecule has 0 saturated carbocycles. The Morgan fingerprint density at radius 2 is 1.84 bits per heavy atom. The summed E-state index contributed by atoms with van der Waals surface area (Å²) in [4.78, 5) is 0.0820. The van der Waals surface area contributed by atoms with Crippen molar-refractivity contribution in [3.8, 4) is 11.5 Å². The van der Waals surface area contributed by atoms with Crippen LogP contribution in [0.3, 0.4) is 0 Å². The summed E-state index contributed by atoms with van der Waals surface area (Å²) in [5, 5.41) is 3.33. The van der Waals surface area contributed by atoms with Gasteiger partial charge in [0.1, 0.15) is 17.3 Å². The highest BCUT2D eigenvalue weighted by atomic mass is 35.5. The lowest BCUT2D eigenvalue weighted by Gasteiger charge is -2.20. The number of anilines is 1. The number of para-hydroxylation sites is 1. The SMILES string of the molecule is COc1cc(C2=NS(=O)(=O)c3ccccc3N2)cc(Cl)c1OCc1c(F)cccc1Cl. The number of halogens is 3. The zero-order valence-electron chi connectivity index (χ0n) is 16.0. The monoisotopic (exact) mass is 480 g/mol. The standard InChI is InChI=1S/C21H15Cl2FN2O4S/c1-29-18-10-12(21-25-17-7-2-3-8-19(17)31(27,28)26-21)9-15(23)20(18)30-11-13-14(22)5-4-6-16(13)24/h2-10H,11H2,1H3,(H,25,26). The normalized spacial score (nSPS) is 14.3. The molecule has 3 aromatic carbocycles. The van der Waals surface area contributed by atoms with Crippen LogP contribution in [0.4, 0.5) is 10.1 Å². The number of benzene rings is 3. The second-order valence-electron chi connectivity index (χ2n) is 6.51. The Bertz CT molecular complexity index is 1290. The second kappa shape index (κ2) is 8.37. The van der Waals surface area contributed by atoms with Crippen LogP contribution in [-0.4, -0.2) is 21.4 Å². The van der Waals surface area contributed by atoms with E-state index in [0.717, 1.165) is 0 Å². The van der Waals surface area contributed by atoms with Crippen LogP contribution in [0.5, 0.6) is 11.5 Å². The summed E-state index contributed by atoms with van der Waals surface area (Å²) < 4.78 is 54.0. The van der Waals surface area contributed by atoms with Gasteiger partial charge in [0.15, 0.2) is 17.3 Å². The summed E-state index contributed by atoms with van der Waals surface area (Å²) in [6, 6.07) is 13.8. The van der Waals surface area contributed by atoms with Gasteiger partial charge in [-0.05, 0) is 36.4 Å². The number of methoxy groups -OCH3 is 1. The third-order valence-electron chi connectivity index (χ3n) is 4.55. The van der Waals surface area contributed by atoms with Gasteiger partial charge in [-0.2, -0.15) is 8.42 Å². The third kappa shape index (κ3) is 4.19. The largest absolute Gasteiger partial charge is 0.493 e. The molecule has 1 aliphatic heterocycles. The van der Waals surface area contributed by atoms with Crippen molar-refractivity contribution in [2.45, 2.75) is 11.5 Å². The summed E-state index contributed by atoms with van der Waals surface area (Å²) in [6.07, 6.45) is 0. The van der Waals surface area contributed by atoms with Gasteiger partial charge in [-0.1, -0.05) is 41.4 Å². The van der Waals surface area contributed by atoms with E-state index in [0.29, 0.717) is 11.3 Å². The van der Waals surface area contributed by atoms with Gasteiger partial charge in [-0.3, -0.25) is 0 Å². The van der Waals surface area contributed by atoms with Crippen molar-refractivity contribution >= 4 is 44.7 Å². The first-order valence-electron chi connectivity index (χ1n) is 8.95. The van der Waals surface area contributed by atoms with E-state index in [1.165, 1.54) is 37.4 Å². The number of fused-ring (bicyclic) bond motifs is 1. The molecule has 31 heavy (non-hydrogen) atoms. The first-order chi connectivity index (χ1) is 14.8. The Labute approximate surface area is 188 Å². The molecule has 0 bridgehead atoms. The Kier molecular flexibility index (Phi) is 5.79. The molecule has 0 radical (unpaired) electrons. The molecule has 0 aliphatic carbocycles. The number of hydrogen-bond donors (Lipinski definition) is 1. The summed E-state index contributed by atoms with van der Waals surface area (Å²) in [6.45, 7) is -0.179. The summed E-state index contributed by atoms with van der Waals surface area (Å²) >= 11 is 12.4. The van der Waals surface area contributed by atoms with Gasteiger partial charge in [-0.25, -0.2) is 4.39 Å². The number of nitrogens with one attached hydrogen (secondary N) is 1. The van der Waals surface area contributed by atoms with Crippen LogP contribution in [0.25, 0.3) is 0 Å². The molecule has 3 aromatic rings. The fraction of sp³-hybridized carbons (Fsp3) is 0.0952. The van der Waals surface area contributed by atoms with E-state index >= 15 is 0 Å². The Morgan fingerprint density at radius 1 is 1.06 bits per heavy atom. The quantitative estimate of drug-likeness (QED) is 0.537. The number of sulfonamides is 1. The number of hydrogen-bond acceptors (Lipinski definition) is 5. The first-order valence-corrected chi connectivity index (χ1v) is 11.1. The molecular formula is C21H15Cl2FN2O4S. The van der Waals surface area contributed by atoms with Crippen LogP contribution >= 0.6 is 23.2 Å². The van der Waals surface area contributed by atoms with Gasteiger partial charge in [0.05, 0.1) is 22.8 Å². The van der Waals surface area contributed by atoms with Crippen molar-refractivity contribution in [1.29, 1.82) is 0 Å². The minimum absolute atomic E-state index is 0.0820. The zero-order valence-corrected chi connectivity index (χ0v) is 18.4. The predicted octanol–water partition coefficient (Wildman–Crippen LogP) is 5.28. The van der Waals surface area contributed by atoms with Crippen molar-refractivity contribution in [2.24, 2.45) is 4.40 Å². The molecule has 1 aliphatic rings. The van der Waals surface area contributed by atoms with E-state index in [1.54, 1.807) is 24.3 Å². The van der Waals surface area contributed by atoms with Gasteiger partial charge < -0.3 is 14.8 Å². The Hall–Kier alpha value is -2.81. The van der Waals surface area contributed by atoms with Crippen LogP contribution < -0.4 is 14.8 Å². The lowest BCUT2D eigenvalue weighted by molar-refractivity contribution is 0.280. The van der Waals surface area contributed by atoms with E-state index in [9.17, 15) is 12.8 Å². The molecule has 1 N–H and O–H groups in total. The molecule has 0 aromatic heterocycles. The topological polar surface area (TPSA) is 77.0 Å². The number of ether oxygens (including phenoxy) is 2. The molecule has 0 fully saturated rings. The number of nitrogens with zero attached hydrogens (tertiary/aromatic N) is 1. The maximum Gasteiger partial charge on any atom is 0.286 e. The highest BCUT2D eigenvalue weighted by Gasteiger charge is 2.26. The molecule has 6 nitrogen and oxygen atoms in total. The molecule has 0 amide bonds. The molecule has 0 spiro atoms. The molecular weight excluding hydrogens is 466 g/mol. The molecule has 4 rings (SSSR count). The van der Waals surface area contributed by atoms with Gasteiger partial charge in [0.25, 0.3) is 10.0 Å². The lowest BCUT2D eigenvalue weighted by atomic mass is 10.1. The van der Waals surface area contributed by atoms with Crippen LogP contribution in [0.2, 0.25) is 10.0 Å². The average Bonchev–Trinajstić information content (AvgIpc) is 2.73. The smallest absolute Gasteiger partial charge is 0.286 e. The minimum Gasteiger partial charge on any atom is -0.493 e. The minimum atomic E-state index is -3.88. The first kappa shape index (κ1) is 21.4. The van der Waals surface area contributed by atoms with Crippen LogP contribution in [0.1, 0.15) is 11.1 Å². The fourth-order valence-corrected chi connectivity index (χ4v) is 4.67. The zero-order chi connectivity index (χ0) is 22.2. The predicted molar refractivity (Wildman–Crippen MR) is 118 cm³/mol. The molecule has 0 saturated heterocycles. The van der Waals surface area contributed by atoms with E-state index < -0.39 is 15.8 Å².